The lowest BCUT2D eigenvalue weighted by Crippen LogP contribution is -2.35. The van der Waals surface area contributed by atoms with Crippen molar-refractivity contribution in [1.82, 2.24) is 5.32 Å². The monoisotopic (exact) mass is 305 g/mol. The standard InChI is InChI=1S/C15H22F3NO2/c1-14(2,3)19-10-12-4-6-13(7-5-12)21-9-8-20-11-15(16,17)18/h4-7,19H,8-11H2,1-3H3. The maximum absolute atomic E-state index is 11.8. The minimum absolute atomic E-state index is 0.0466. The molecule has 0 aromatic heterocycles. The molecule has 0 amide bonds. The summed E-state index contributed by atoms with van der Waals surface area (Å²) >= 11 is 0. The van der Waals surface area contributed by atoms with E-state index in [2.05, 4.69) is 30.8 Å². The van der Waals surface area contributed by atoms with Crippen LogP contribution >= 0.6 is 0 Å². The lowest BCUT2D eigenvalue weighted by molar-refractivity contribution is -0.175. The van der Waals surface area contributed by atoms with Gasteiger partial charge >= 0.3 is 6.18 Å². The lowest BCUT2D eigenvalue weighted by Gasteiger charge is -2.20. The van der Waals surface area contributed by atoms with E-state index in [1.807, 2.05) is 12.1 Å². The number of hydrogen-bond donors (Lipinski definition) is 1. The van der Waals surface area contributed by atoms with Crippen molar-refractivity contribution >= 4 is 0 Å². The van der Waals surface area contributed by atoms with E-state index in [1.165, 1.54) is 0 Å². The van der Waals surface area contributed by atoms with Crippen LogP contribution < -0.4 is 10.1 Å². The molecule has 1 aromatic carbocycles. The minimum Gasteiger partial charge on any atom is -0.491 e. The largest absolute Gasteiger partial charge is 0.491 e. The second kappa shape index (κ2) is 7.66. The SMILES string of the molecule is CC(C)(C)NCc1ccc(OCCOCC(F)(F)F)cc1. The lowest BCUT2D eigenvalue weighted by atomic mass is 10.1. The number of ether oxygens (including phenoxy) is 2. The smallest absolute Gasteiger partial charge is 0.411 e. The highest BCUT2D eigenvalue weighted by Gasteiger charge is 2.27. The van der Waals surface area contributed by atoms with E-state index in [0.717, 1.165) is 12.1 Å². The van der Waals surface area contributed by atoms with Gasteiger partial charge in [0.1, 0.15) is 19.0 Å². The Kier molecular flexibility index (Phi) is 6.48. The Morgan fingerprint density at radius 2 is 1.62 bits per heavy atom. The molecule has 0 aliphatic carbocycles. The summed E-state index contributed by atoms with van der Waals surface area (Å²) in [5.74, 6) is 0.616. The van der Waals surface area contributed by atoms with Crippen LogP contribution in [0.2, 0.25) is 0 Å². The molecule has 120 valence electrons. The summed E-state index contributed by atoms with van der Waals surface area (Å²) in [4.78, 5) is 0. The third-order valence-corrected chi connectivity index (χ3v) is 2.51. The summed E-state index contributed by atoms with van der Waals surface area (Å²) < 4.78 is 45.3. The average molecular weight is 305 g/mol. The van der Waals surface area contributed by atoms with Crippen molar-refractivity contribution < 1.29 is 22.6 Å². The normalized spacial score (nSPS) is 12.5. The summed E-state index contributed by atoms with van der Waals surface area (Å²) in [6.07, 6.45) is -4.29. The van der Waals surface area contributed by atoms with Gasteiger partial charge in [0.15, 0.2) is 0 Å². The van der Waals surface area contributed by atoms with Crippen molar-refractivity contribution in [2.24, 2.45) is 0 Å². The molecular formula is C15H22F3NO2. The Morgan fingerprint density at radius 3 is 2.14 bits per heavy atom. The van der Waals surface area contributed by atoms with Crippen molar-refractivity contribution in [3.63, 3.8) is 0 Å². The highest BCUT2D eigenvalue weighted by molar-refractivity contribution is 5.27. The first-order valence-corrected chi connectivity index (χ1v) is 6.77. The van der Waals surface area contributed by atoms with Gasteiger partial charge < -0.3 is 14.8 Å². The molecule has 0 saturated carbocycles. The summed E-state index contributed by atoms with van der Waals surface area (Å²) in [5, 5.41) is 3.36. The van der Waals surface area contributed by atoms with Gasteiger partial charge in [-0.2, -0.15) is 13.2 Å². The first-order valence-electron chi connectivity index (χ1n) is 6.77. The maximum atomic E-state index is 11.8. The Labute approximate surface area is 123 Å². The fourth-order valence-corrected chi connectivity index (χ4v) is 1.48. The van der Waals surface area contributed by atoms with E-state index in [-0.39, 0.29) is 18.8 Å². The van der Waals surface area contributed by atoms with Gasteiger partial charge in [-0.05, 0) is 38.5 Å². The predicted molar refractivity (Wildman–Crippen MR) is 75.4 cm³/mol. The van der Waals surface area contributed by atoms with E-state index in [9.17, 15) is 13.2 Å². The van der Waals surface area contributed by atoms with Gasteiger partial charge in [0, 0.05) is 12.1 Å². The number of alkyl halides is 3. The quantitative estimate of drug-likeness (QED) is 0.782. The number of benzene rings is 1. The van der Waals surface area contributed by atoms with E-state index in [4.69, 9.17) is 4.74 Å². The van der Waals surface area contributed by atoms with Crippen LogP contribution in [-0.2, 0) is 11.3 Å². The van der Waals surface area contributed by atoms with E-state index in [1.54, 1.807) is 12.1 Å². The number of hydrogen-bond acceptors (Lipinski definition) is 3. The summed E-state index contributed by atoms with van der Waals surface area (Å²) in [7, 11) is 0. The molecule has 3 nitrogen and oxygen atoms in total. The molecule has 0 bridgehead atoms. The maximum Gasteiger partial charge on any atom is 0.411 e. The Hall–Kier alpha value is -1.27. The molecule has 1 aromatic rings. The fraction of sp³-hybridized carbons (Fsp3) is 0.600. The predicted octanol–water partition coefficient (Wildman–Crippen LogP) is 3.53. The van der Waals surface area contributed by atoms with Gasteiger partial charge in [-0.15, -0.1) is 0 Å². The van der Waals surface area contributed by atoms with Gasteiger partial charge in [-0.3, -0.25) is 0 Å². The summed E-state index contributed by atoms with van der Waals surface area (Å²) in [5.41, 5.74) is 1.16. The highest BCUT2D eigenvalue weighted by atomic mass is 19.4. The van der Waals surface area contributed by atoms with Crippen LogP contribution in [0.4, 0.5) is 13.2 Å². The van der Waals surface area contributed by atoms with Crippen LogP contribution in [0.1, 0.15) is 26.3 Å². The molecule has 1 rings (SSSR count). The molecule has 0 atom stereocenters. The number of rotatable bonds is 7. The first kappa shape index (κ1) is 17.8. The molecule has 0 radical (unpaired) electrons. The summed E-state index contributed by atoms with van der Waals surface area (Å²) in [6, 6.07) is 7.43. The van der Waals surface area contributed by atoms with E-state index >= 15 is 0 Å². The van der Waals surface area contributed by atoms with E-state index in [0.29, 0.717) is 5.75 Å². The molecule has 0 aliphatic heterocycles. The second-order valence-electron chi connectivity index (χ2n) is 5.76. The van der Waals surface area contributed by atoms with Gasteiger partial charge in [0.2, 0.25) is 0 Å². The van der Waals surface area contributed by atoms with Crippen molar-refractivity contribution in [1.29, 1.82) is 0 Å². The third-order valence-electron chi connectivity index (χ3n) is 2.51. The van der Waals surface area contributed by atoms with Crippen LogP contribution in [0.25, 0.3) is 0 Å². The molecule has 0 unspecified atom stereocenters. The molecule has 1 N–H and O–H groups in total. The van der Waals surface area contributed by atoms with Crippen molar-refractivity contribution in [2.45, 2.75) is 39.0 Å². The third kappa shape index (κ3) is 9.31. The Bertz CT molecular complexity index is 410. The van der Waals surface area contributed by atoms with Crippen molar-refractivity contribution in [3.05, 3.63) is 29.8 Å². The zero-order chi connectivity index (χ0) is 15.9. The molecule has 0 aliphatic rings. The number of halogens is 3. The van der Waals surface area contributed by atoms with Gasteiger partial charge in [-0.1, -0.05) is 12.1 Å². The van der Waals surface area contributed by atoms with E-state index < -0.39 is 12.8 Å². The Balaban J connectivity index is 2.25. The van der Waals surface area contributed by atoms with Gasteiger partial charge in [-0.25, -0.2) is 0 Å². The zero-order valence-electron chi connectivity index (χ0n) is 12.6. The van der Waals surface area contributed by atoms with Crippen LogP contribution in [0.5, 0.6) is 5.75 Å². The molecule has 0 heterocycles. The number of nitrogens with one attached hydrogen (secondary N) is 1. The van der Waals surface area contributed by atoms with Gasteiger partial charge in [0.25, 0.3) is 0 Å². The molecule has 0 fully saturated rings. The zero-order valence-corrected chi connectivity index (χ0v) is 12.6. The molecule has 6 heteroatoms. The van der Waals surface area contributed by atoms with Crippen molar-refractivity contribution in [2.75, 3.05) is 19.8 Å². The summed E-state index contributed by atoms with van der Waals surface area (Å²) in [6.45, 7) is 5.77. The molecular weight excluding hydrogens is 283 g/mol. The van der Waals surface area contributed by atoms with Crippen LogP contribution in [0.3, 0.4) is 0 Å². The topological polar surface area (TPSA) is 30.5 Å². The molecule has 0 saturated heterocycles. The fourth-order valence-electron chi connectivity index (χ4n) is 1.48. The average Bonchev–Trinajstić information content (AvgIpc) is 2.35. The second-order valence-corrected chi connectivity index (χ2v) is 5.76. The van der Waals surface area contributed by atoms with Crippen LogP contribution in [0.15, 0.2) is 24.3 Å². The van der Waals surface area contributed by atoms with Gasteiger partial charge in [0.05, 0.1) is 6.61 Å². The minimum atomic E-state index is -4.29. The van der Waals surface area contributed by atoms with Crippen LogP contribution in [0, 0.1) is 0 Å². The Morgan fingerprint density at radius 1 is 1.00 bits per heavy atom. The molecule has 21 heavy (non-hydrogen) atoms. The highest BCUT2D eigenvalue weighted by Crippen LogP contribution is 2.15. The molecule has 0 spiro atoms. The van der Waals surface area contributed by atoms with Crippen molar-refractivity contribution in [3.8, 4) is 5.75 Å². The van der Waals surface area contributed by atoms with Crippen LogP contribution in [-0.4, -0.2) is 31.5 Å². The first-order chi connectivity index (χ1) is 9.66.